The number of aromatic amines is 1. The fourth-order valence-corrected chi connectivity index (χ4v) is 3.50. The molecule has 0 amide bonds. The number of hydrogen-bond acceptors (Lipinski definition) is 4. The summed E-state index contributed by atoms with van der Waals surface area (Å²) in [6, 6.07) is 17.3. The Bertz CT molecular complexity index is 1250. The maximum Gasteiger partial charge on any atom is 0.252 e. The van der Waals surface area contributed by atoms with Crippen molar-refractivity contribution in [2.75, 3.05) is 7.11 Å². The van der Waals surface area contributed by atoms with Crippen molar-refractivity contribution in [1.29, 1.82) is 0 Å². The number of aromatic hydroxyl groups is 2. The molecule has 0 saturated heterocycles. The van der Waals surface area contributed by atoms with Gasteiger partial charge >= 0.3 is 0 Å². The lowest BCUT2D eigenvalue weighted by Crippen LogP contribution is -2.03. The Kier molecular flexibility index (Phi) is 4.45. The Morgan fingerprint density at radius 2 is 1.61 bits per heavy atom. The SMILES string of the molecule is COc1cccc(-c2ccc(-c3cc4c(O)cc(=O)[nH]c4cc3Cl)cc2)c1O. The number of methoxy groups -OCH3 is 1. The number of aromatic nitrogens is 1. The standard InChI is InChI=1S/C22H16ClNO4/c1-28-20-4-2-3-14(22(20)27)12-5-7-13(8-6-12)15-9-16-18(10-17(15)23)24-21(26)11-19(16)25/h2-11,27H,1H3,(H2,24,25,26). The second kappa shape index (κ2) is 6.94. The largest absolute Gasteiger partial charge is 0.507 e. The van der Waals surface area contributed by atoms with Gasteiger partial charge in [0.05, 0.1) is 17.6 Å². The average Bonchev–Trinajstić information content (AvgIpc) is 2.68. The molecule has 0 unspecified atom stereocenters. The number of para-hydroxylation sites is 1. The fraction of sp³-hybridized carbons (Fsp3) is 0.0455. The Balaban J connectivity index is 1.79. The first-order valence-corrected chi connectivity index (χ1v) is 8.88. The van der Waals surface area contributed by atoms with Crippen LogP contribution in [0.1, 0.15) is 0 Å². The number of phenolic OH excluding ortho intramolecular Hbond substituents is 1. The third-order valence-corrected chi connectivity index (χ3v) is 4.95. The second-order valence-electron chi connectivity index (χ2n) is 6.33. The van der Waals surface area contributed by atoms with Crippen LogP contribution in [0, 0.1) is 0 Å². The predicted molar refractivity (Wildman–Crippen MR) is 110 cm³/mol. The molecule has 0 atom stereocenters. The molecule has 4 rings (SSSR count). The van der Waals surface area contributed by atoms with Crippen LogP contribution in [0.4, 0.5) is 0 Å². The van der Waals surface area contributed by atoms with E-state index >= 15 is 0 Å². The van der Waals surface area contributed by atoms with Gasteiger partial charge in [0.25, 0.3) is 5.56 Å². The topological polar surface area (TPSA) is 82.5 Å². The molecule has 0 aliphatic rings. The van der Waals surface area contributed by atoms with Crippen molar-refractivity contribution in [2.45, 2.75) is 0 Å². The van der Waals surface area contributed by atoms with E-state index in [1.807, 2.05) is 36.4 Å². The highest BCUT2D eigenvalue weighted by atomic mass is 35.5. The molecule has 4 aromatic rings. The van der Waals surface area contributed by atoms with Crippen molar-refractivity contribution in [3.05, 3.63) is 76.0 Å². The lowest BCUT2D eigenvalue weighted by atomic mass is 9.98. The van der Waals surface area contributed by atoms with E-state index < -0.39 is 5.56 Å². The van der Waals surface area contributed by atoms with Crippen molar-refractivity contribution in [3.8, 4) is 39.5 Å². The molecule has 0 fully saturated rings. The van der Waals surface area contributed by atoms with Crippen LogP contribution in [0.25, 0.3) is 33.2 Å². The summed E-state index contributed by atoms with van der Waals surface area (Å²) >= 11 is 6.40. The third kappa shape index (κ3) is 3.06. The summed E-state index contributed by atoms with van der Waals surface area (Å²) in [6.45, 7) is 0. The summed E-state index contributed by atoms with van der Waals surface area (Å²) in [5.41, 5.74) is 3.12. The van der Waals surface area contributed by atoms with Gasteiger partial charge in [-0.25, -0.2) is 0 Å². The summed E-state index contributed by atoms with van der Waals surface area (Å²) in [5.74, 6) is 0.383. The van der Waals surface area contributed by atoms with Crippen LogP contribution in [-0.4, -0.2) is 22.3 Å². The highest BCUT2D eigenvalue weighted by Gasteiger charge is 2.12. The van der Waals surface area contributed by atoms with E-state index in [0.29, 0.717) is 27.2 Å². The first-order chi connectivity index (χ1) is 13.5. The number of nitrogens with one attached hydrogen (secondary N) is 1. The second-order valence-corrected chi connectivity index (χ2v) is 6.74. The summed E-state index contributed by atoms with van der Waals surface area (Å²) < 4.78 is 5.16. The zero-order valence-electron chi connectivity index (χ0n) is 14.9. The maximum absolute atomic E-state index is 11.5. The molecule has 6 heteroatoms. The number of benzene rings is 3. The van der Waals surface area contributed by atoms with Crippen LogP contribution in [0.3, 0.4) is 0 Å². The van der Waals surface area contributed by atoms with Crippen LogP contribution in [0.15, 0.2) is 65.5 Å². The Morgan fingerprint density at radius 1 is 0.929 bits per heavy atom. The van der Waals surface area contributed by atoms with Gasteiger partial charge in [-0.1, -0.05) is 48.0 Å². The third-order valence-electron chi connectivity index (χ3n) is 4.63. The van der Waals surface area contributed by atoms with Gasteiger partial charge in [-0.15, -0.1) is 0 Å². The minimum atomic E-state index is -0.392. The van der Waals surface area contributed by atoms with Crippen LogP contribution >= 0.6 is 11.6 Å². The van der Waals surface area contributed by atoms with Gasteiger partial charge in [0.1, 0.15) is 5.75 Å². The van der Waals surface area contributed by atoms with Crippen LogP contribution in [0.5, 0.6) is 17.2 Å². The van der Waals surface area contributed by atoms with E-state index in [-0.39, 0.29) is 11.5 Å². The number of rotatable bonds is 3. The Hall–Kier alpha value is -3.44. The van der Waals surface area contributed by atoms with E-state index in [2.05, 4.69) is 4.98 Å². The number of fused-ring (bicyclic) bond motifs is 1. The van der Waals surface area contributed by atoms with Gasteiger partial charge in [-0.05, 0) is 29.3 Å². The first-order valence-electron chi connectivity index (χ1n) is 8.50. The Labute approximate surface area is 165 Å². The van der Waals surface area contributed by atoms with Gasteiger partial charge in [0.15, 0.2) is 11.5 Å². The fourth-order valence-electron chi connectivity index (χ4n) is 3.23. The molecule has 140 valence electrons. The van der Waals surface area contributed by atoms with Gasteiger partial charge in [-0.2, -0.15) is 0 Å². The monoisotopic (exact) mass is 393 g/mol. The molecule has 1 aromatic heterocycles. The van der Waals surface area contributed by atoms with Crippen LogP contribution in [-0.2, 0) is 0 Å². The Morgan fingerprint density at radius 3 is 2.29 bits per heavy atom. The molecule has 0 aliphatic carbocycles. The summed E-state index contributed by atoms with van der Waals surface area (Å²) in [7, 11) is 1.51. The van der Waals surface area contributed by atoms with Crippen molar-refractivity contribution in [1.82, 2.24) is 4.98 Å². The normalized spacial score (nSPS) is 10.9. The van der Waals surface area contributed by atoms with Gasteiger partial charge in [0, 0.05) is 22.6 Å². The first kappa shape index (κ1) is 17.9. The maximum atomic E-state index is 11.5. The zero-order chi connectivity index (χ0) is 19.8. The summed E-state index contributed by atoms with van der Waals surface area (Å²) in [5, 5.41) is 21.4. The average molecular weight is 394 g/mol. The minimum absolute atomic E-state index is 0.0790. The van der Waals surface area contributed by atoms with E-state index in [4.69, 9.17) is 16.3 Å². The van der Waals surface area contributed by atoms with Crippen molar-refractivity contribution < 1.29 is 14.9 Å². The number of hydrogen-bond donors (Lipinski definition) is 3. The van der Waals surface area contributed by atoms with E-state index in [0.717, 1.165) is 22.8 Å². The number of pyridine rings is 1. The summed E-state index contributed by atoms with van der Waals surface area (Å²) in [6.07, 6.45) is 0. The molecule has 0 spiro atoms. The molecule has 5 nitrogen and oxygen atoms in total. The van der Waals surface area contributed by atoms with Crippen molar-refractivity contribution in [2.24, 2.45) is 0 Å². The molecule has 3 N–H and O–H groups in total. The number of halogens is 1. The van der Waals surface area contributed by atoms with Crippen LogP contribution in [0.2, 0.25) is 5.02 Å². The smallest absolute Gasteiger partial charge is 0.252 e. The number of ether oxygens (including phenoxy) is 1. The van der Waals surface area contributed by atoms with E-state index in [9.17, 15) is 15.0 Å². The molecule has 1 heterocycles. The molecular weight excluding hydrogens is 378 g/mol. The van der Waals surface area contributed by atoms with Gasteiger partial charge in [0.2, 0.25) is 0 Å². The summed E-state index contributed by atoms with van der Waals surface area (Å²) in [4.78, 5) is 14.2. The molecule has 0 bridgehead atoms. The highest BCUT2D eigenvalue weighted by molar-refractivity contribution is 6.34. The van der Waals surface area contributed by atoms with Crippen LogP contribution < -0.4 is 10.3 Å². The van der Waals surface area contributed by atoms with Gasteiger partial charge in [-0.3, -0.25) is 4.79 Å². The quantitative estimate of drug-likeness (QED) is 0.460. The molecule has 0 aliphatic heterocycles. The minimum Gasteiger partial charge on any atom is -0.507 e. The van der Waals surface area contributed by atoms with E-state index in [1.54, 1.807) is 18.2 Å². The lowest BCUT2D eigenvalue weighted by Gasteiger charge is -2.11. The lowest BCUT2D eigenvalue weighted by molar-refractivity contribution is 0.374. The van der Waals surface area contributed by atoms with Crippen molar-refractivity contribution >= 4 is 22.5 Å². The molecule has 0 radical (unpaired) electrons. The number of H-pyrrole nitrogens is 1. The molecule has 3 aromatic carbocycles. The van der Waals surface area contributed by atoms with E-state index in [1.165, 1.54) is 7.11 Å². The zero-order valence-corrected chi connectivity index (χ0v) is 15.6. The molecule has 0 saturated carbocycles. The highest BCUT2D eigenvalue weighted by Crippen LogP contribution is 2.39. The predicted octanol–water partition coefficient (Wildman–Crippen LogP) is 4.94. The van der Waals surface area contributed by atoms with Crippen molar-refractivity contribution in [3.63, 3.8) is 0 Å². The molecule has 28 heavy (non-hydrogen) atoms. The van der Waals surface area contributed by atoms with Gasteiger partial charge < -0.3 is 19.9 Å². The number of phenols is 1. The molecular formula is C22H16ClNO4.